The minimum atomic E-state index is -0.746. The number of aromatic nitrogens is 3. The Morgan fingerprint density at radius 2 is 0.421 bits per heavy atom. The maximum absolute atomic E-state index is 2.60. The van der Waals surface area contributed by atoms with Crippen LogP contribution in [0.1, 0.15) is 124 Å². The van der Waals surface area contributed by atoms with Gasteiger partial charge in [0.15, 0.2) is 0 Å². The minimum Gasteiger partial charge on any atom is -0.309 e. The number of benzene rings is 15. The van der Waals surface area contributed by atoms with Gasteiger partial charge in [0, 0.05) is 49.4 Å². The third kappa shape index (κ3) is 9.65. The van der Waals surface area contributed by atoms with Crippen molar-refractivity contribution in [2.24, 2.45) is 0 Å². The van der Waals surface area contributed by atoms with Gasteiger partial charge in [-0.15, -0.1) is 0 Å². The number of fused-ring (bicyclic) bond motifs is 15. The lowest BCUT2D eigenvalue weighted by Crippen LogP contribution is -2.28. The quantitative estimate of drug-likeness (QED) is 0.137. The van der Waals surface area contributed by atoms with Crippen molar-refractivity contribution in [3.63, 3.8) is 0 Å². The van der Waals surface area contributed by atoms with Crippen molar-refractivity contribution in [2.45, 2.75) is 89.4 Å². The van der Waals surface area contributed by atoms with E-state index in [1.54, 1.807) is 0 Å². The molecule has 0 aliphatic heterocycles. The van der Waals surface area contributed by atoms with E-state index in [0.29, 0.717) is 0 Å². The molecule has 0 radical (unpaired) electrons. The monoisotopic (exact) mass is 1370 g/mol. The molecule has 3 heterocycles. The molecular weight excluding hydrogens is 1290 g/mol. The highest BCUT2D eigenvalue weighted by molar-refractivity contribution is 6.14. The van der Waals surface area contributed by atoms with E-state index in [0.717, 1.165) is 28.1 Å². The van der Waals surface area contributed by atoms with E-state index >= 15 is 0 Å². The van der Waals surface area contributed by atoms with Crippen molar-refractivity contribution in [3.8, 4) is 61.6 Å². The molecule has 3 nitrogen and oxygen atoms in total. The number of nitrogens with zero attached hydrogens (tertiary/aromatic N) is 3. The Kier molecular flexibility index (Phi) is 14.2. The van der Waals surface area contributed by atoms with E-state index in [2.05, 4.69) is 416 Å². The van der Waals surface area contributed by atoms with E-state index < -0.39 is 10.8 Å². The van der Waals surface area contributed by atoms with Crippen LogP contribution in [0.25, 0.3) is 127 Å². The summed E-state index contributed by atoms with van der Waals surface area (Å²) in [5, 5.41) is 7.27. The zero-order valence-corrected chi connectivity index (χ0v) is 62.2. The Hall–Kier alpha value is -12.3. The minimum absolute atomic E-state index is 0.0186. The van der Waals surface area contributed by atoms with Gasteiger partial charge in [0.2, 0.25) is 0 Å². The van der Waals surface area contributed by atoms with Crippen molar-refractivity contribution in [1.29, 1.82) is 0 Å². The second-order valence-corrected chi connectivity index (χ2v) is 33.2. The lowest BCUT2D eigenvalue weighted by atomic mass is 9.67. The molecule has 0 saturated heterocycles. The molecule has 0 bridgehead atoms. The lowest BCUT2D eigenvalue weighted by Gasteiger charge is -2.34. The van der Waals surface area contributed by atoms with Gasteiger partial charge < -0.3 is 13.7 Å². The van der Waals surface area contributed by atoms with Crippen LogP contribution < -0.4 is 0 Å². The third-order valence-electron chi connectivity index (χ3n) is 24.1. The fourth-order valence-electron chi connectivity index (χ4n) is 18.8. The predicted octanol–water partition coefficient (Wildman–Crippen LogP) is 26.9. The highest BCUT2D eigenvalue weighted by Crippen LogP contribution is 2.60. The van der Waals surface area contributed by atoms with Gasteiger partial charge in [0.05, 0.1) is 43.9 Å². The van der Waals surface area contributed by atoms with Gasteiger partial charge >= 0.3 is 0 Å². The Balaban J connectivity index is 0.864. The van der Waals surface area contributed by atoms with Crippen molar-refractivity contribution in [3.05, 3.63) is 401 Å². The van der Waals surface area contributed by atoms with Crippen LogP contribution in [0.2, 0.25) is 0 Å². The normalized spacial score (nSPS) is 13.8. The fraction of sp³-hybridized carbons (Fsp3) is 0.135. The van der Waals surface area contributed by atoms with Crippen molar-refractivity contribution >= 4 is 65.4 Å². The van der Waals surface area contributed by atoms with Crippen LogP contribution in [-0.4, -0.2) is 13.7 Å². The van der Waals surface area contributed by atoms with Gasteiger partial charge in [-0.25, -0.2) is 0 Å². The van der Waals surface area contributed by atoms with Crippen molar-refractivity contribution in [1.82, 2.24) is 13.7 Å². The summed E-state index contributed by atoms with van der Waals surface area (Å²) in [5.41, 5.74) is 32.7. The summed E-state index contributed by atoms with van der Waals surface area (Å²) in [4.78, 5) is 0. The molecule has 0 atom stereocenters. The van der Waals surface area contributed by atoms with Crippen LogP contribution in [-0.2, 0) is 27.1 Å². The maximum Gasteiger partial charge on any atom is 0.0714 e. The molecule has 18 aromatic rings. The average molecular weight is 1370 g/mol. The zero-order valence-electron chi connectivity index (χ0n) is 62.2. The Labute approximate surface area is 627 Å². The van der Waals surface area contributed by atoms with Crippen LogP contribution >= 0.6 is 0 Å². The lowest BCUT2D eigenvalue weighted by molar-refractivity contribution is 0.590. The van der Waals surface area contributed by atoms with E-state index in [4.69, 9.17) is 0 Å². The molecule has 20 rings (SSSR count). The number of hydrogen-bond acceptors (Lipinski definition) is 0. The molecule has 0 amide bonds. The van der Waals surface area contributed by atoms with E-state index in [1.165, 1.54) is 160 Å². The molecule has 0 fully saturated rings. The van der Waals surface area contributed by atoms with E-state index in [9.17, 15) is 0 Å². The molecule has 514 valence electrons. The first-order valence-electron chi connectivity index (χ1n) is 38.0. The summed E-state index contributed by atoms with van der Waals surface area (Å²) < 4.78 is 7.52. The van der Waals surface area contributed by atoms with Gasteiger partial charge in [-0.3, -0.25) is 0 Å². The van der Waals surface area contributed by atoms with Gasteiger partial charge in [-0.1, -0.05) is 293 Å². The van der Waals surface area contributed by atoms with Gasteiger partial charge in [0.1, 0.15) is 0 Å². The molecule has 3 aromatic heterocycles. The average Bonchev–Trinajstić information content (AvgIpc) is 1.54. The first kappa shape index (κ1) is 64.3. The number of hydrogen-bond donors (Lipinski definition) is 0. The van der Waals surface area contributed by atoms with Crippen LogP contribution in [0.4, 0.5) is 0 Å². The predicted molar refractivity (Wildman–Crippen MR) is 451 cm³/mol. The summed E-state index contributed by atoms with van der Waals surface area (Å²) in [6.45, 7) is 20.7. The second-order valence-electron chi connectivity index (χ2n) is 33.2. The molecule has 0 saturated carbocycles. The Morgan fingerprint density at radius 1 is 0.196 bits per heavy atom. The van der Waals surface area contributed by atoms with Crippen LogP contribution in [0, 0.1) is 0 Å². The largest absolute Gasteiger partial charge is 0.309 e. The third-order valence-corrected chi connectivity index (χ3v) is 24.1. The SMILES string of the molecule is CC(C)(C)c1ccc(-n2c3ccc(-c4ccccc4)cc3c3cc(C4(c5ccc6c(c5)c5cc(C7(c8ccc9c(c8)c8cc(-c%10ccccc%10)ccc8n9-c8ccc(C(C)(C)C)cc8)c8ccccc8-c8ccccc87)ccc5n6-c5ccc(C(C)(C)C)cc5)c5ccccc5-c5ccccc54)ccc32)cc1. The summed E-state index contributed by atoms with van der Waals surface area (Å²) >= 11 is 0. The molecular formula is C104H83N3. The maximum atomic E-state index is 2.60. The van der Waals surface area contributed by atoms with Crippen molar-refractivity contribution in [2.75, 3.05) is 0 Å². The highest BCUT2D eigenvalue weighted by atomic mass is 15.0. The Bertz CT molecular complexity index is 6170. The van der Waals surface area contributed by atoms with E-state index in [-0.39, 0.29) is 16.2 Å². The summed E-state index contributed by atoms with van der Waals surface area (Å²) in [6, 6.07) is 131. The highest BCUT2D eigenvalue weighted by Gasteiger charge is 2.49. The standard InChI is InChI=1S/C104H83N3/c1-100(2,3)70-38-48-77(49-39-70)105-94-54-36-68(66-24-12-10-13-25-66)60-84(94)86-62-73(44-56-96(86)105)103(90-32-20-16-28-80(90)81-29-17-21-33-91(81)103)75-46-58-98-88(64-75)89-65-76(47-59-99(89)107(98)79-52-42-72(43-53-79)102(7,8)9)104(92-34-22-18-30-82(92)83-31-19-23-35-93(83)104)74-45-57-97-87(63-74)85-61-69(67-26-14-11-15-27-67)37-55-95(85)106(97)78-50-40-71(41-51-78)101(4,5)6/h10-65H,1-9H3. The smallest absolute Gasteiger partial charge is 0.0714 e. The second kappa shape index (κ2) is 23.6. The summed E-state index contributed by atoms with van der Waals surface area (Å²) in [5.74, 6) is 0. The van der Waals surface area contributed by atoms with Crippen LogP contribution in [0.15, 0.2) is 340 Å². The fourth-order valence-corrected chi connectivity index (χ4v) is 18.8. The van der Waals surface area contributed by atoms with Gasteiger partial charge in [0.25, 0.3) is 0 Å². The van der Waals surface area contributed by atoms with Crippen LogP contribution in [0.3, 0.4) is 0 Å². The molecule has 0 unspecified atom stereocenters. The Morgan fingerprint density at radius 3 is 0.673 bits per heavy atom. The molecule has 2 aliphatic carbocycles. The first-order valence-corrected chi connectivity index (χ1v) is 38.0. The summed E-state index contributed by atoms with van der Waals surface area (Å²) in [7, 11) is 0. The molecule has 0 spiro atoms. The molecule has 3 heteroatoms. The van der Waals surface area contributed by atoms with Gasteiger partial charge in [-0.2, -0.15) is 0 Å². The van der Waals surface area contributed by atoms with Crippen LogP contribution in [0.5, 0.6) is 0 Å². The number of rotatable bonds is 9. The van der Waals surface area contributed by atoms with Crippen molar-refractivity contribution < 1.29 is 0 Å². The molecule has 107 heavy (non-hydrogen) atoms. The topological polar surface area (TPSA) is 14.8 Å². The first-order chi connectivity index (χ1) is 51.9. The molecule has 15 aromatic carbocycles. The molecule has 2 aliphatic rings. The zero-order chi connectivity index (χ0) is 72.5. The summed E-state index contributed by atoms with van der Waals surface area (Å²) in [6.07, 6.45) is 0. The van der Waals surface area contributed by atoms with Gasteiger partial charge in [-0.05, 0) is 231 Å². The van der Waals surface area contributed by atoms with E-state index in [1.807, 2.05) is 0 Å². The molecule has 0 N–H and O–H groups in total.